The summed E-state index contributed by atoms with van der Waals surface area (Å²) in [6.07, 6.45) is 6.12. The molecule has 19 heavy (non-hydrogen) atoms. The number of rotatable bonds is 12. The highest BCUT2D eigenvalue weighted by Crippen LogP contribution is 2.03. The van der Waals surface area contributed by atoms with Gasteiger partial charge < -0.3 is 12.3 Å². The summed E-state index contributed by atoms with van der Waals surface area (Å²) in [6.45, 7) is 11.4. The van der Waals surface area contributed by atoms with Crippen molar-refractivity contribution in [1.82, 2.24) is 0 Å². The van der Waals surface area contributed by atoms with Crippen molar-refractivity contribution in [2.45, 2.75) is 52.4 Å². The molecule has 0 fully saturated rings. The quantitative estimate of drug-likeness (QED) is 0.349. The highest BCUT2D eigenvalue weighted by Gasteiger charge is 2.23. The third-order valence-corrected chi connectivity index (χ3v) is 24.3. The van der Waals surface area contributed by atoms with Crippen LogP contribution < -0.4 is 0 Å². The Morgan fingerprint density at radius 3 is 2.63 bits per heavy atom. The van der Waals surface area contributed by atoms with Crippen molar-refractivity contribution in [1.29, 1.82) is 0 Å². The summed E-state index contributed by atoms with van der Waals surface area (Å²) in [5, 5.41) is 0. The van der Waals surface area contributed by atoms with E-state index in [4.69, 9.17) is 12.3 Å². The molecule has 0 aliphatic rings. The van der Waals surface area contributed by atoms with E-state index in [2.05, 4.69) is 44.9 Å². The van der Waals surface area contributed by atoms with Crippen molar-refractivity contribution in [3.05, 3.63) is 11.8 Å². The number of unbranched alkanes of at least 4 members (excludes halogenated alkanes) is 2. The Hall–Kier alpha value is 0.921. The van der Waals surface area contributed by atoms with Crippen molar-refractivity contribution >= 4 is 54.5 Å². The molecule has 0 aromatic carbocycles. The summed E-state index contributed by atoms with van der Waals surface area (Å²) in [5.74, 6) is 0. The Kier molecular flexibility index (Phi) is 13.3. The maximum absolute atomic E-state index is 6.20. The van der Waals surface area contributed by atoms with E-state index in [0.29, 0.717) is 0 Å². The molecule has 1 atom stereocenters. The molecule has 0 amide bonds. The molecule has 0 aromatic heterocycles. The minimum atomic E-state index is -1.42. The fraction of sp³-hybridized carbons (Fsp3) is 0.800. The van der Waals surface area contributed by atoms with Gasteiger partial charge >= 0.3 is 0 Å². The number of hydrogen-bond donors (Lipinski definition) is 0. The second-order valence-corrected chi connectivity index (χ2v) is 24.9. The Morgan fingerprint density at radius 1 is 1.26 bits per heavy atom. The van der Waals surface area contributed by atoms with Gasteiger partial charge in [-0.05, 0) is 26.1 Å². The smallest absolute Gasteiger partial charge is 0.184 e. The highest BCUT2D eigenvalue weighted by molar-refractivity contribution is 7.21. The van der Waals surface area contributed by atoms with Crippen LogP contribution in [0.15, 0.2) is 11.8 Å². The molecule has 3 nitrogen and oxygen atoms in total. The van der Waals surface area contributed by atoms with Crippen LogP contribution in [-0.2, 0) is 12.3 Å². The van der Waals surface area contributed by atoms with E-state index in [-0.39, 0.29) is 28.3 Å². The molecule has 1 unspecified atom stereocenters. The van der Waals surface area contributed by atoms with Crippen LogP contribution in [0.1, 0.15) is 26.2 Å². The summed E-state index contributed by atoms with van der Waals surface area (Å²) in [6, 6.07) is 0. The van der Waals surface area contributed by atoms with Crippen LogP contribution in [0.3, 0.4) is 0 Å². The first-order valence-corrected chi connectivity index (χ1v) is 22.8. The lowest BCUT2D eigenvalue weighted by Gasteiger charge is -2.24. The molecule has 0 heterocycles. The lowest BCUT2D eigenvalue weighted by atomic mass is 10.2. The first kappa shape index (κ1) is 19.9. The van der Waals surface area contributed by atoms with Crippen LogP contribution in [0, 0.1) is 0 Å². The van der Waals surface area contributed by atoms with Crippen LogP contribution in [0.25, 0.3) is 0 Å². The first-order valence-electron chi connectivity index (χ1n) is 7.51. The van der Waals surface area contributed by atoms with Gasteiger partial charge in [0, 0.05) is 0 Å². The molecule has 0 N–H and O–H groups in total. The Labute approximate surface area is 131 Å². The zero-order valence-electron chi connectivity index (χ0n) is 13.4. The fourth-order valence-electron chi connectivity index (χ4n) is 1.56. The largest absolute Gasteiger partial charge is 0.466 e. The second-order valence-electron chi connectivity index (χ2n) is 5.39. The van der Waals surface area contributed by atoms with E-state index in [1.807, 2.05) is 0 Å². The van der Waals surface area contributed by atoms with E-state index in [1.54, 1.807) is 0 Å². The van der Waals surface area contributed by atoms with Gasteiger partial charge in [-0.15, -0.1) is 0 Å². The number of hydrogen-bond acceptors (Lipinski definition) is 3. The van der Waals surface area contributed by atoms with Crippen molar-refractivity contribution in [3.63, 3.8) is 0 Å². The summed E-state index contributed by atoms with van der Waals surface area (Å²) >= 11 is 0. The van der Waals surface area contributed by atoms with E-state index in [9.17, 15) is 0 Å². The molecule has 0 radical (unpaired) electrons. The molecule has 9 heteroatoms. The van der Waals surface area contributed by atoms with Gasteiger partial charge in [-0.3, -0.25) is 0 Å². The van der Waals surface area contributed by atoms with Gasteiger partial charge in [-0.1, -0.05) is 38.1 Å². The van der Waals surface area contributed by atoms with Crippen LogP contribution in [0.4, 0.5) is 0 Å². The Bertz CT molecular complexity index is 239. The van der Waals surface area contributed by atoms with Gasteiger partial charge in [0.15, 0.2) is 44.7 Å². The molecule has 0 saturated carbocycles. The molecule has 0 aliphatic carbocycles. The number of allylic oxidation sites excluding steroid dienone is 1. The molecular weight excluding hydrogens is 337 g/mol. The van der Waals surface area contributed by atoms with Gasteiger partial charge in [0.05, 0.1) is 0 Å². The van der Waals surface area contributed by atoms with Crippen molar-refractivity contribution in [2.24, 2.45) is 0 Å². The first-order chi connectivity index (χ1) is 9.02. The zero-order chi connectivity index (χ0) is 14.6. The van der Waals surface area contributed by atoms with Crippen molar-refractivity contribution < 1.29 is 12.3 Å². The lowest BCUT2D eigenvalue weighted by molar-refractivity contribution is 0.584. The summed E-state index contributed by atoms with van der Waals surface area (Å²) in [5.41, 5.74) is 2.35. The van der Waals surface area contributed by atoms with Crippen molar-refractivity contribution in [3.8, 4) is 0 Å². The maximum Gasteiger partial charge on any atom is 0.184 e. The Balaban J connectivity index is 3.73. The zero-order valence-corrected chi connectivity index (χ0v) is 21.2. The third kappa shape index (κ3) is 13.7. The average Bonchev–Trinajstić information content (AvgIpc) is 2.38. The van der Waals surface area contributed by atoms with Gasteiger partial charge in [0.2, 0.25) is 0 Å². The molecule has 114 valence electrons. The molecular formula is C10H32O3Si6. The van der Waals surface area contributed by atoms with E-state index in [0.717, 1.165) is 0 Å². The molecule has 0 rings (SSSR count). The summed E-state index contributed by atoms with van der Waals surface area (Å²) in [7, 11) is -3.65. The second kappa shape index (κ2) is 12.6. The predicted molar refractivity (Wildman–Crippen MR) is 102 cm³/mol. The SMILES string of the molecule is CCCCC=C[SiH](C)O[SiH2][Si](C)(C)O[SiH2][SiH2]O[SiH2]C. The third-order valence-electron chi connectivity index (χ3n) is 2.75. The van der Waals surface area contributed by atoms with Crippen LogP contribution in [0.5, 0.6) is 0 Å². The average molecular weight is 369 g/mol. The van der Waals surface area contributed by atoms with E-state index < -0.39 is 26.2 Å². The van der Waals surface area contributed by atoms with Crippen LogP contribution in [-0.4, -0.2) is 54.5 Å². The lowest BCUT2D eigenvalue weighted by Crippen LogP contribution is -2.44. The van der Waals surface area contributed by atoms with Crippen LogP contribution in [0.2, 0.25) is 26.2 Å². The normalized spacial score (nSPS) is 16.7. The van der Waals surface area contributed by atoms with Gasteiger partial charge in [0.1, 0.15) is 9.76 Å². The monoisotopic (exact) mass is 368 g/mol. The molecule has 0 spiro atoms. The van der Waals surface area contributed by atoms with Gasteiger partial charge in [0.25, 0.3) is 0 Å². The van der Waals surface area contributed by atoms with E-state index in [1.165, 1.54) is 19.3 Å². The maximum atomic E-state index is 6.20. The highest BCUT2D eigenvalue weighted by atomic mass is 29.2. The van der Waals surface area contributed by atoms with Gasteiger partial charge in [-0.25, -0.2) is 0 Å². The minimum absolute atomic E-state index is 0.179. The Morgan fingerprint density at radius 2 is 2.00 bits per heavy atom. The topological polar surface area (TPSA) is 27.7 Å². The minimum Gasteiger partial charge on any atom is -0.466 e. The molecule has 0 saturated heterocycles. The van der Waals surface area contributed by atoms with Gasteiger partial charge in [-0.2, -0.15) is 0 Å². The summed E-state index contributed by atoms with van der Waals surface area (Å²) < 4.78 is 18.0. The predicted octanol–water partition coefficient (Wildman–Crippen LogP) is -0.325. The molecule has 0 aliphatic heterocycles. The van der Waals surface area contributed by atoms with E-state index >= 15 is 0 Å². The van der Waals surface area contributed by atoms with Crippen molar-refractivity contribution in [2.75, 3.05) is 0 Å². The van der Waals surface area contributed by atoms with Crippen LogP contribution >= 0.6 is 0 Å². The fourth-order valence-corrected chi connectivity index (χ4v) is 29.7. The summed E-state index contributed by atoms with van der Waals surface area (Å²) in [4.78, 5) is 0. The standard InChI is InChI=1S/C10H32O3Si6/c1-6-7-8-9-10-18(3)12-17-19(4,5)13-16-15-11-14-2/h9-10,18H,6-8,14-17H2,1-5H3. The molecule has 0 aromatic rings. The molecule has 0 bridgehead atoms.